The highest BCUT2D eigenvalue weighted by molar-refractivity contribution is 5.81. The number of rotatable bonds is 3. The Balaban J connectivity index is 2.02. The number of carbonyl (C=O) groups excluding carboxylic acids is 1. The second kappa shape index (κ2) is 5.63. The molecule has 2 heterocycles. The molecular weight excluding hydrogens is 268 g/mol. The number of amides is 1. The van der Waals surface area contributed by atoms with Gasteiger partial charge >= 0.3 is 0 Å². The average molecular weight is 286 g/mol. The van der Waals surface area contributed by atoms with Crippen LogP contribution in [0.1, 0.15) is 32.2 Å². The molecule has 1 fully saturated rings. The molecule has 1 atom stereocenters. The lowest BCUT2D eigenvalue weighted by atomic mass is 10.2. The van der Waals surface area contributed by atoms with E-state index in [-0.39, 0.29) is 11.5 Å². The standard InChI is InChI=1S/C15H18N4O2/c1-2-13(15(21)18-9-5-6-10-18)19-14(20)11-7-3-4-8-12(11)16-17-19/h3-4,7-8,13H,2,5-6,9-10H2,1H3. The van der Waals surface area contributed by atoms with Crippen LogP contribution in [0.3, 0.4) is 0 Å². The Morgan fingerprint density at radius 2 is 2.00 bits per heavy atom. The van der Waals surface area contributed by atoms with Crippen LogP contribution < -0.4 is 5.56 Å². The molecule has 1 saturated heterocycles. The van der Waals surface area contributed by atoms with Gasteiger partial charge in [-0.15, -0.1) is 5.10 Å². The van der Waals surface area contributed by atoms with Crippen LogP contribution in [0.5, 0.6) is 0 Å². The van der Waals surface area contributed by atoms with Crippen LogP contribution in [-0.2, 0) is 4.79 Å². The van der Waals surface area contributed by atoms with Gasteiger partial charge < -0.3 is 4.90 Å². The minimum atomic E-state index is -0.562. The summed E-state index contributed by atoms with van der Waals surface area (Å²) < 4.78 is 1.24. The van der Waals surface area contributed by atoms with Gasteiger partial charge in [0.05, 0.1) is 5.39 Å². The third-order valence-electron chi connectivity index (χ3n) is 3.98. The molecule has 1 aromatic heterocycles. The Kier molecular flexibility index (Phi) is 3.68. The van der Waals surface area contributed by atoms with E-state index in [4.69, 9.17) is 0 Å². The number of likely N-dealkylation sites (tertiary alicyclic amines) is 1. The van der Waals surface area contributed by atoms with E-state index in [2.05, 4.69) is 10.3 Å². The van der Waals surface area contributed by atoms with Crippen molar-refractivity contribution in [1.82, 2.24) is 19.9 Å². The van der Waals surface area contributed by atoms with E-state index in [9.17, 15) is 9.59 Å². The first-order valence-electron chi connectivity index (χ1n) is 7.35. The molecule has 1 amide bonds. The zero-order valence-corrected chi connectivity index (χ0v) is 12.0. The van der Waals surface area contributed by atoms with E-state index in [0.717, 1.165) is 25.9 Å². The Hall–Kier alpha value is -2.24. The fourth-order valence-corrected chi connectivity index (χ4v) is 2.81. The molecule has 110 valence electrons. The van der Waals surface area contributed by atoms with Gasteiger partial charge in [-0.25, -0.2) is 0 Å². The van der Waals surface area contributed by atoms with Gasteiger partial charge in [-0.2, -0.15) is 4.68 Å². The summed E-state index contributed by atoms with van der Waals surface area (Å²) in [7, 11) is 0. The predicted molar refractivity (Wildman–Crippen MR) is 78.9 cm³/mol. The molecule has 3 rings (SSSR count). The van der Waals surface area contributed by atoms with Crippen LogP contribution in [0.2, 0.25) is 0 Å². The van der Waals surface area contributed by atoms with Gasteiger partial charge in [0, 0.05) is 13.1 Å². The Bertz CT molecular complexity index is 719. The zero-order valence-electron chi connectivity index (χ0n) is 12.0. The van der Waals surface area contributed by atoms with Crippen LogP contribution in [0.25, 0.3) is 10.9 Å². The first-order chi connectivity index (χ1) is 10.2. The van der Waals surface area contributed by atoms with Crippen molar-refractivity contribution in [3.8, 4) is 0 Å². The summed E-state index contributed by atoms with van der Waals surface area (Å²) in [5.41, 5.74) is 0.308. The quantitative estimate of drug-likeness (QED) is 0.854. The summed E-state index contributed by atoms with van der Waals surface area (Å²) in [4.78, 5) is 26.9. The third-order valence-corrected chi connectivity index (χ3v) is 3.98. The first kappa shape index (κ1) is 13.7. The summed E-state index contributed by atoms with van der Waals surface area (Å²) >= 11 is 0. The molecule has 0 radical (unpaired) electrons. The lowest BCUT2D eigenvalue weighted by Crippen LogP contribution is -2.40. The molecule has 1 aliphatic heterocycles. The number of carbonyl (C=O) groups is 1. The lowest BCUT2D eigenvalue weighted by Gasteiger charge is -2.22. The van der Waals surface area contributed by atoms with Gasteiger partial charge in [0.15, 0.2) is 0 Å². The van der Waals surface area contributed by atoms with Crippen molar-refractivity contribution in [3.05, 3.63) is 34.6 Å². The van der Waals surface area contributed by atoms with Crippen LogP contribution in [-0.4, -0.2) is 38.9 Å². The van der Waals surface area contributed by atoms with Crippen molar-refractivity contribution in [1.29, 1.82) is 0 Å². The number of aromatic nitrogens is 3. The maximum absolute atomic E-state index is 12.6. The predicted octanol–water partition coefficient (Wildman–Crippen LogP) is 1.36. The van der Waals surface area contributed by atoms with E-state index in [0.29, 0.717) is 17.3 Å². The Morgan fingerprint density at radius 1 is 1.29 bits per heavy atom. The Morgan fingerprint density at radius 3 is 2.71 bits per heavy atom. The average Bonchev–Trinajstić information content (AvgIpc) is 3.04. The number of hydrogen-bond acceptors (Lipinski definition) is 4. The molecule has 6 nitrogen and oxygen atoms in total. The molecule has 0 bridgehead atoms. The lowest BCUT2D eigenvalue weighted by molar-refractivity contribution is -0.134. The van der Waals surface area contributed by atoms with Crippen LogP contribution in [0.4, 0.5) is 0 Å². The maximum atomic E-state index is 12.6. The van der Waals surface area contributed by atoms with E-state index in [1.807, 2.05) is 17.9 Å². The minimum absolute atomic E-state index is 0.0262. The molecule has 1 aromatic carbocycles. The highest BCUT2D eigenvalue weighted by Gasteiger charge is 2.28. The van der Waals surface area contributed by atoms with Gasteiger partial charge in [0.1, 0.15) is 11.6 Å². The third kappa shape index (κ3) is 2.41. The molecule has 0 saturated carbocycles. The maximum Gasteiger partial charge on any atom is 0.278 e. The smallest absolute Gasteiger partial charge is 0.278 e. The summed E-state index contributed by atoms with van der Waals surface area (Å²) in [6.45, 7) is 3.43. The van der Waals surface area contributed by atoms with Gasteiger partial charge in [0.25, 0.3) is 5.56 Å². The molecule has 2 aromatic rings. The first-order valence-corrected chi connectivity index (χ1v) is 7.35. The molecule has 1 aliphatic rings. The molecular formula is C15H18N4O2. The zero-order chi connectivity index (χ0) is 14.8. The van der Waals surface area contributed by atoms with Crippen molar-refractivity contribution >= 4 is 16.8 Å². The van der Waals surface area contributed by atoms with E-state index in [1.54, 1.807) is 18.2 Å². The van der Waals surface area contributed by atoms with Gasteiger partial charge in [0.2, 0.25) is 5.91 Å². The van der Waals surface area contributed by atoms with Crippen molar-refractivity contribution in [2.75, 3.05) is 13.1 Å². The molecule has 0 N–H and O–H groups in total. The number of hydrogen-bond donors (Lipinski definition) is 0. The minimum Gasteiger partial charge on any atom is -0.341 e. The molecule has 0 spiro atoms. The van der Waals surface area contributed by atoms with Crippen molar-refractivity contribution in [2.24, 2.45) is 0 Å². The van der Waals surface area contributed by atoms with E-state index >= 15 is 0 Å². The molecule has 21 heavy (non-hydrogen) atoms. The fraction of sp³-hybridized carbons (Fsp3) is 0.467. The van der Waals surface area contributed by atoms with Gasteiger partial charge in [-0.05, 0) is 31.4 Å². The summed E-state index contributed by atoms with van der Waals surface area (Å²) in [6.07, 6.45) is 2.59. The molecule has 6 heteroatoms. The summed E-state index contributed by atoms with van der Waals surface area (Å²) in [5, 5.41) is 8.54. The number of fused-ring (bicyclic) bond motifs is 1. The van der Waals surface area contributed by atoms with Crippen molar-refractivity contribution in [3.63, 3.8) is 0 Å². The highest BCUT2D eigenvalue weighted by atomic mass is 16.2. The summed E-state index contributed by atoms with van der Waals surface area (Å²) in [6, 6.07) is 6.51. The number of nitrogens with zero attached hydrogens (tertiary/aromatic N) is 4. The highest BCUT2D eigenvalue weighted by Crippen LogP contribution is 2.17. The Labute approximate surface area is 122 Å². The largest absolute Gasteiger partial charge is 0.341 e. The monoisotopic (exact) mass is 286 g/mol. The van der Waals surface area contributed by atoms with Gasteiger partial charge in [-0.1, -0.05) is 24.3 Å². The second-order valence-electron chi connectivity index (χ2n) is 5.31. The normalized spacial score (nSPS) is 16.3. The summed E-state index contributed by atoms with van der Waals surface area (Å²) in [5.74, 6) is -0.0262. The molecule has 0 aliphatic carbocycles. The topological polar surface area (TPSA) is 68.1 Å². The SMILES string of the molecule is CCC(C(=O)N1CCCC1)n1nnc2ccccc2c1=O. The van der Waals surface area contributed by atoms with E-state index < -0.39 is 6.04 Å². The van der Waals surface area contributed by atoms with Crippen molar-refractivity contribution < 1.29 is 4.79 Å². The fourth-order valence-electron chi connectivity index (χ4n) is 2.81. The van der Waals surface area contributed by atoms with E-state index in [1.165, 1.54) is 4.68 Å². The van der Waals surface area contributed by atoms with Crippen molar-refractivity contribution in [2.45, 2.75) is 32.2 Å². The van der Waals surface area contributed by atoms with Gasteiger partial charge in [-0.3, -0.25) is 9.59 Å². The second-order valence-corrected chi connectivity index (χ2v) is 5.31. The van der Waals surface area contributed by atoms with Crippen LogP contribution in [0, 0.1) is 0 Å². The molecule has 1 unspecified atom stereocenters. The van der Waals surface area contributed by atoms with Crippen LogP contribution in [0.15, 0.2) is 29.1 Å². The van der Waals surface area contributed by atoms with Crippen LogP contribution >= 0.6 is 0 Å². The number of benzene rings is 1.